The number of amides is 2. The highest BCUT2D eigenvalue weighted by atomic mass is 127. The fourth-order valence-electron chi connectivity index (χ4n) is 2.78. The van der Waals surface area contributed by atoms with Crippen LogP contribution in [0.5, 0.6) is 5.75 Å². The molecule has 0 aliphatic heterocycles. The van der Waals surface area contributed by atoms with Crippen LogP contribution in [0.2, 0.25) is 0 Å². The van der Waals surface area contributed by atoms with Crippen molar-refractivity contribution in [3.63, 3.8) is 0 Å². The number of carbonyl (C=O) groups is 2. The van der Waals surface area contributed by atoms with Crippen LogP contribution in [0.4, 0.5) is 5.00 Å². The smallest absolute Gasteiger partial charge is 0.262 e. The van der Waals surface area contributed by atoms with Crippen LogP contribution in [0.1, 0.15) is 33.6 Å². The van der Waals surface area contributed by atoms with Crippen LogP contribution >= 0.6 is 33.9 Å². The van der Waals surface area contributed by atoms with Gasteiger partial charge in [-0.1, -0.05) is 12.1 Å². The van der Waals surface area contributed by atoms with Crippen molar-refractivity contribution in [1.82, 2.24) is 0 Å². The highest BCUT2D eigenvalue weighted by Crippen LogP contribution is 2.37. The molecule has 0 atom stereocenters. The van der Waals surface area contributed by atoms with E-state index in [1.807, 2.05) is 24.3 Å². The summed E-state index contributed by atoms with van der Waals surface area (Å²) in [6.45, 7) is -0.110. The second kappa shape index (κ2) is 7.52. The summed E-state index contributed by atoms with van der Waals surface area (Å²) in [4.78, 5) is 25.2. The first-order valence-corrected chi connectivity index (χ1v) is 9.57. The average Bonchev–Trinajstić information content (AvgIpc) is 2.92. The van der Waals surface area contributed by atoms with E-state index >= 15 is 0 Å². The van der Waals surface area contributed by atoms with E-state index in [4.69, 9.17) is 10.5 Å². The van der Waals surface area contributed by atoms with Gasteiger partial charge in [-0.05, 0) is 66.0 Å². The summed E-state index contributed by atoms with van der Waals surface area (Å²) in [7, 11) is 0. The van der Waals surface area contributed by atoms with Crippen molar-refractivity contribution < 1.29 is 14.3 Å². The fourth-order valence-corrected chi connectivity index (χ4v) is 4.64. The Hall–Kier alpha value is -1.61. The standard InChI is InChI=1S/C17H17IN2O3S/c18-11-6-2-3-7-12(11)23-9-14(21)20-17-15(16(19)22)10-5-1-4-8-13(10)24-17/h2-3,6-7H,1,4-5,8-9H2,(H2,19,22)(H,20,21). The highest BCUT2D eigenvalue weighted by Gasteiger charge is 2.25. The first kappa shape index (κ1) is 17.2. The van der Waals surface area contributed by atoms with Gasteiger partial charge in [0.1, 0.15) is 10.8 Å². The zero-order valence-electron chi connectivity index (χ0n) is 12.9. The fraction of sp³-hybridized carbons (Fsp3) is 0.294. The van der Waals surface area contributed by atoms with Crippen LogP contribution < -0.4 is 15.8 Å². The van der Waals surface area contributed by atoms with E-state index in [2.05, 4.69) is 27.9 Å². The molecule has 3 rings (SSSR count). The summed E-state index contributed by atoms with van der Waals surface area (Å²) < 4.78 is 6.48. The van der Waals surface area contributed by atoms with Crippen LogP contribution in [0, 0.1) is 3.57 Å². The third-order valence-corrected chi connectivity index (χ3v) is 5.96. The van der Waals surface area contributed by atoms with Gasteiger partial charge in [0.05, 0.1) is 9.13 Å². The summed E-state index contributed by atoms with van der Waals surface area (Å²) >= 11 is 3.61. The third-order valence-electron chi connectivity index (χ3n) is 3.87. The molecule has 0 saturated carbocycles. The van der Waals surface area contributed by atoms with Crippen LogP contribution in [-0.2, 0) is 17.6 Å². The first-order valence-electron chi connectivity index (χ1n) is 7.67. The van der Waals surface area contributed by atoms with Crippen LogP contribution in [0.25, 0.3) is 0 Å². The van der Waals surface area contributed by atoms with E-state index in [1.165, 1.54) is 11.3 Å². The van der Waals surface area contributed by atoms with Gasteiger partial charge < -0.3 is 15.8 Å². The molecule has 0 unspecified atom stereocenters. The number of benzene rings is 1. The lowest BCUT2D eigenvalue weighted by Gasteiger charge is -2.11. The number of hydrogen-bond acceptors (Lipinski definition) is 4. The van der Waals surface area contributed by atoms with Crippen molar-refractivity contribution in [2.75, 3.05) is 11.9 Å². The molecule has 0 saturated heterocycles. The summed E-state index contributed by atoms with van der Waals surface area (Å²) in [5, 5.41) is 3.34. The Morgan fingerprint density at radius 2 is 2.00 bits per heavy atom. The minimum Gasteiger partial charge on any atom is -0.483 e. The number of hydrogen-bond donors (Lipinski definition) is 2. The zero-order valence-corrected chi connectivity index (χ0v) is 15.9. The predicted molar refractivity (Wildman–Crippen MR) is 103 cm³/mol. The van der Waals surface area contributed by atoms with E-state index in [0.717, 1.165) is 39.7 Å². The number of para-hydroxylation sites is 1. The van der Waals surface area contributed by atoms with Gasteiger partial charge in [-0.25, -0.2) is 0 Å². The predicted octanol–water partition coefficient (Wildman–Crippen LogP) is 3.35. The van der Waals surface area contributed by atoms with Gasteiger partial charge in [0, 0.05) is 4.88 Å². The maximum Gasteiger partial charge on any atom is 0.262 e. The Balaban J connectivity index is 1.71. The van der Waals surface area contributed by atoms with Crippen LogP contribution in [-0.4, -0.2) is 18.4 Å². The van der Waals surface area contributed by atoms with Crippen LogP contribution in [0.15, 0.2) is 24.3 Å². The number of primary amides is 1. The third kappa shape index (κ3) is 3.72. The molecule has 1 heterocycles. The van der Waals surface area contributed by atoms with Gasteiger partial charge in [0.25, 0.3) is 11.8 Å². The van der Waals surface area contributed by atoms with Crippen molar-refractivity contribution in [2.24, 2.45) is 5.73 Å². The van der Waals surface area contributed by atoms with Crippen molar-refractivity contribution in [2.45, 2.75) is 25.7 Å². The maximum absolute atomic E-state index is 12.2. The van der Waals surface area contributed by atoms with Gasteiger partial charge in [0.15, 0.2) is 6.61 Å². The van der Waals surface area contributed by atoms with Crippen molar-refractivity contribution in [3.8, 4) is 5.75 Å². The molecule has 0 bridgehead atoms. The largest absolute Gasteiger partial charge is 0.483 e. The number of nitrogens with two attached hydrogens (primary N) is 1. The molecule has 2 amide bonds. The van der Waals surface area contributed by atoms with E-state index in [0.29, 0.717) is 16.3 Å². The average molecular weight is 456 g/mol. The molecule has 1 aromatic heterocycles. The lowest BCUT2D eigenvalue weighted by Crippen LogP contribution is -2.22. The van der Waals surface area contributed by atoms with E-state index in [1.54, 1.807) is 0 Å². The zero-order chi connectivity index (χ0) is 17.1. The van der Waals surface area contributed by atoms with E-state index in [-0.39, 0.29) is 12.5 Å². The lowest BCUT2D eigenvalue weighted by molar-refractivity contribution is -0.118. The minimum atomic E-state index is -0.483. The van der Waals surface area contributed by atoms with Crippen molar-refractivity contribution in [3.05, 3.63) is 43.8 Å². The second-order valence-electron chi connectivity index (χ2n) is 5.55. The minimum absolute atomic E-state index is 0.110. The number of halogens is 1. The SMILES string of the molecule is NC(=O)c1c(NC(=O)COc2ccccc2I)sc2c1CCCC2. The molecular weight excluding hydrogens is 439 g/mol. The number of carbonyl (C=O) groups excluding carboxylic acids is 2. The number of nitrogens with one attached hydrogen (secondary N) is 1. The summed E-state index contributed by atoms with van der Waals surface area (Å²) in [6.07, 6.45) is 3.94. The molecule has 2 aromatic rings. The number of anilines is 1. The number of thiophene rings is 1. The Morgan fingerprint density at radius 1 is 1.25 bits per heavy atom. The molecule has 1 aromatic carbocycles. The van der Waals surface area contributed by atoms with E-state index < -0.39 is 5.91 Å². The molecule has 126 valence electrons. The molecule has 3 N–H and O–H groups in total. The molecule has 0 fully saturated rings. The Bertz CT molecular complexity index is 788. The summed E-state index contributed by atoms with van der Waals surface area (Å²) in [6, 6.07) is 7.48. The topological polar surface area (TPSA) is 81.4 Å². The molecular formula is C17H17IN2O3S. The molecule has 1 aliphatic carbocycles. The molecule has 0 radical (unpaired) electrons. The van der Waals surface area contributed by atoms with Gasteiger partial charge in [-0.15, -0.1) is 11.3 Å². The molecule has 0 spiro atoms. The van der Waals surface area contributed by atoms with Crippen molar-refractivity contribution >= 4 is 50.7 Å². The molecule has 24 heavy (non-hydrogen) atoms. The monoisotopic (exact) mass is 456 g/mol. The van der Waals surface area contributed by atoms with Gasteiger partial charge >= 0.3 is 0 Å². The number of fused-ring (bicyclic) bond motifs is 1. The van der Waals surface area contributed by atoms with Crippen molar-refractivity contribution in [1.29, 1.82) is 0 Å². The van der Waals surface area contributed by atoms with Gasteiger partial charge in [-0.3, -0.25) is 9.59 Å². The molecule has 1 aliphatic rings. The lowest BCUT2D eigenvalue weighted by atomic mass is 9.95. The summed E-state index contributed by atoms with van der Waals surface area (Å²) in [5.41, 5.74) is 7.00. The van der Waals surface area contributed by atoms with Crippen LogP contribution in [0.3, 0.4) is 0 Å². The van der Waals surface area contributed by atoms with Gasteiger partial charge in [-0.2, -0.15) is 0 Å². The highest BCUT2D eigenvalue weighted by molar-refractivity contribution is 14.1. The quantitative estimate of drug-likeness (QED) is 0.678. The van der Waals surface area contributed by atoms with Gasteiger partial charge in [0.2, 0.25) is 0 Å². The normalized spacial score (nSPS) is 13.2. The second-order valence-corrected chi connectivity index (χ2v) is 7.81. The number of aryl methyl sites for hydroxylation is 1. The maximum atomic E-state index is 12.2. The molecule has 7 heteroatoms. The first-order chi connectivity index (χ1) is 11.6. The number of rotatable bonds is 5. The summed E-state index contributed by atoms with van der Waals surface area (Å²) in [5.74, 6) is -0.118. The Labute approximate surface area is 157 Å². The molecule has 5 nitrogen and oxygen atoms in total. The Morgan fingerprint density at radius 3 is 2.75 bits per heavy atom. The van der Waals surface area contributed by atoms with E-state index in [9.17, 15) is 9.59 Å². The Kier molecular flexibility index (Phi) is 5.40. The number of ether oxygens (including phenoxy) is 1.